The molecule has 0 radical (unpaired) electrons. The number of ether oxygens (including phenoxy) is 2. The Labute approximate surface area is 131 Å². The van der Waals surface area contributed by atoms with Crippen molar-refractivity contribution in [1.29, 1.82) is 0 Å². The summed E-state index contributed by atoms with van der Waals surface area (Å²) in [4.78, 5) is 11.7. The third kappa shape index (κ3) is 6.43. The molecule has 0 bridgehead atoms. The molecule has 4 N–H and O–H groups in total. The summed E-state index contributed by atoms with van der Waals surface area (Å²) in [6, 6.07) is 7.21. The highest BCUT2D eigenvalue weighted by Crippen LogP contribution is 2.19. The monoisotopic (exact) mass is 310 g/mol. The molecule has 6 nitrogen and oxygen atoms in total. The highest BCUT2D eigenvalue weighted by atomic mass is 16.5. The molecule has 1 aromatic rings. The number of carbonyl (C=O) groups is 1. The molecule has 6 heteroatoms. The van der Waals surface area contributed by atoms with Crippen molar-refractivity contribution in [2.45, 2.75) is 38.6 Å². The first-order chi connectivity index (χ1) is 10.5. The van der Waals surface area contributed by atoms with Crippen molar-refractivity contribution >= 4 is 5.91 Å². The third-order valence-corrected chi connectivity index (χ3v) is 3.12. The van der Waals surface area contributed by atoms with Gasteiger partial charge in [-0.3, -0.25) is 4.79 Å². The van der Waals surface area contributed by atoms with Crippen LogP contribution in [0.1, 0.15) is 31.9 Å². The number of aliphatic hydroxyl groups is 1. The molecule has 0 heterocycles. The highest BCUT2D eigenvalue weighted by Gasteiger charge is 2.14. The second-order valence-corrected chi connectivity index (χ2v) is 5.36. The van der Waals surface area contributed by atoms with Gasteiger partial charge in [-0.05, 0) is 31.5 Å². The zero-order chi connectivity index (χ0) is 16.5. The van der Waals surface area contributed by atoms with Crippen LogP contribution in [-0.2, 0) is 9.53 Å². The van der Waals surface area contributed by atoms with Crippen LogP contribution >= 0.6 is 0 Å². The molecule has 1 aromatic carbocycles. The summed E-state index contributed by atoms with van der Waals surface area (Å²) < 4.78 is 10.6. The van der Waals surface area contributed by atoms with E-state index in [1.54, 1.807) is 12.1 Å². The summed E-state index contributed by atoms with van der Waals surface area (Å²) in [6.07, 6.45) is -0.858. The first-order valence-corrected chi connectivity index (χ1v) is 7.40. The molecule has 22 heavy (non-hydrogen) atoms. The van der Waals surface area contributed by atoms with Gasteiger partial charge in [0.05, 0.1) is 24.7 Å². The number of benzene rings is 1. The van der Waals surface area contributed by atoms with Gasteiger partial charge < -0.3 is 25.6 Å². The van der Waals surface area contributed by atoms with E-state index in [1.807, 2.05) is 26.0 Å². The molecule has 2 unspecified atom stereocenters. The SMILES string of the molecule is COC(CN)CC(=O)NCC(O)c1cccc(OC(C)C)c1. The molecule has 0 aliphatic carbocycles. The standard InChI is InChI=1S/C16H26N2O4/c1-11(2)22-13-6-4-5-12(7-13)15(19)10-18-16(20)8-14(9-17)21-3/h4-7,11,14-15,19H,8-10,17H2,1-3H3,(H,18,20). The van der Waals surface area contributed by atoms with Gasteiger partial charge in [0.15, 0.2) is 0 Å². The number of carbonyl (C=O) groups excluding carboxylic acids is 1. The van der Waals surface area contributed by atoms with E-state index in [0.717, 1.165) is 0 Å². The first kappa shape index (κ1) is 18.4. The van der Waals surface area contributed by atoms with E-state index in [2.05, 4.69) is 5.32 Å². The van der Waals surface area contributed by atoms with Crippen LogP contribution in [-0.4, -0.2) is 43.4 Å². The number of amides is 1. The molecule has 0 fully saturated rings. The van der Waals surface area contributed by atoms with Crippen molar-refractivity contribution in [3.8, 4) is 5.75 Å². The largest absolute Gasteiger partial charge is 0.491 e. The van der Waals surface area contributed by atoms with Crippen LogP contribution in [0.4, 0.5) is 0 Å². The molecule has 2 atom stereocenters. The Kier molecular flexibility index (Phi) is 7.87. The van der Waals surface area contributed by atoms with E-state index in [4.69, 9.17) is 15.2 Å². The van der Waals surface area contributed by atoms with Crippen LogP contribution in [0.15, 0.2) is 24.3 Å². The molecule has 124 valence electrons. The maximum absolute atomic E-state index is 11.7. The smallest absolute Gasteiger partial charge is 0.222 e. The molecule has 1 amide bonds. The fraction of sp³-hybridized carbons (Fsp3) is 0.562. The summed E-state index contributed by atoms with van der Waals surface area (Å²) in [7, 11) is 1.51. The zero-order valence-electron chi connectivity index (χ0n) is 13.4. The van der Waals surface area contributed by atoms with E-state index < -0.39 is 6.10 Å². The molecular formula is C16H26N2O4. The molecule has 0 aliphatic rings. The predicted molar refractivity (Wildman–Crippen MR) is 84.6 cm³/mol. The van der Waals surface area contributed by atoms with Crippen molar-refractivity contribution in [2.75, 3.05) is 20.2 Å². The van der Waals surface area contributed by atoms with Crippen LogP contribution < -0.4 is 15.8 Å². The number of hydrogen-bond donors (Lipinski definition) is 3. The highest BCUT2D eigenvalue weighted by molar-refractivity contribution is 5.76. The van der Waals surface area contributed by atoms with Gasteiger partial charge in [-0.25, -0.2) is 0 Å². The third-order valence-electron chi connectivity index (χ3n) is 3.12. The Morgan fingerprint density at radius 2 is 2.14 bits per heavy atom. The Hall–Kier alpha value is -1.63. The molecule has 0 spiro atoms. The Balaban J connectivity index is 2.51. The average Bonchev–Trinajstić information content (AvgIpc) is 2.49. The lowest BCUT2D eigenvalue weighted by Crippen LogP contribution is -2.34. The van der Waals surface area contributed by atoms with Crippen molar-refractivity contribution in [3.63, 3.8) is 0 Å². The molecule has 0 saturated heterocycles. The summed E-state index contributed by atoms with van der Waals surface area (Å²) in [5, 5.41) is 12.8. The lowest BCUT2D eigenvalue weighted by Gasteiger charge is -2.16. The van der Waals surface area contributed by atoms with Crippen molar-refractivity contribution in [3.05, 3.63) is 29.8 Å². The number of rotatable bonds is 9. The lowest BCUT2D eigenvalue weighted by atomic mass is 10.1. The van der Waals surface area contributed by atoms with Crippen LogP contribution in [0, 0.1) is 0 Å². The number of nitrogens with two attached hydrogens (primary N) is 1. The second kappa shape index (κ2) is 9.40. The minimum atomic E-state index is -0.793. The van der Waals surface area contributed by atoms with Crippen molar-refractivity contribution in [1.82, 2.24) is 5.32 Å². The first-order valence-electron chi connectivity index (χ1n) is 7.40. The van der Waals surface area contributed by atoms with Crippen LogP contribution in [0.5, 0.6) is 5.75 Å². The maximum atomic E-state index is 11.7. The predicted octanol–water partition coefficient (Wildman–Crippen LogP) is 0.987. The summed E-state index contributed by atoms with van der Waals surface area (Å²) in [5.74, 6) is 0.492. The van der Waals surface area contributed by atoms with Crippen LogP contribution in [0.3, 0.4) is 0 Å². The van der Waals surface area contributed by atoms with E-state index >= 15 is 0 Å². The van der Waals surface area contributed by atoms with Gasteiger partial charge in [-0.2, -0.15) is 0 Å². The maximum Gasteiger partial charge on any atom is 0.222 e. The van der Waals surface area contributed by atoms with E-state index in [9.17, 15) is 9.90 Å². The molecule has 0 aliphatic heterocycles. The molecular weight excluding hydrogens is 284 g/mol. The van der Waals surface area contributed by atoms with Gasteiger partial charge in [0.25, 0.3) is 0 Å². The Morgan fingerprint density at radius 3 is 2.73 bits per heavy atom. The van der Waals surface area contributed by atoms with Gasteiger partial charge in [-0.1, -0.05) is 12.1 Å². The number of methoxy groups -OCH3 is 1. The molecule has 0 saturated carbocycles. The number of nitrogens with one attached hydrogen (secondary N) is 1. The second-order valence-electron chi connectivity index (χ2n) is 5.36. The Morgan fingerprint density at radius 1 is 1.41 bits per heavy atom. The average molecular weight is 310 g/mol. The van der Waals surface area contributed by atoms with Crippen molar-refractivity contribution < 1.29 is 19.4 Å². The summed E-state index contributed by atoms with van der Waals surface area (Å²) >= 11 is 0. The minimum absolute atomic E-state index is 0.0642. The van der Waals surface area contributed by atoms with Gasteiger partial charge in [0.1, 0.15) is 5.75 Å². The number of hydrogen-bond acceptors (Lipinski definition) is 5. The normalized spacial score (nSPS) is 13.7. The minimum Gasteiger partial charge on any atom is -0.491 e. The van der Waals surface area contributed by atoms with Gasteiger partial charge >= 0.3 is 0 Å². The topological polar surface area (TPSA) is 93.8 Å². The molecule has 1 rings (SSSR count). The summed E-state index contributed by atoms with van der Waals surface area (Å²) in [6.45, 7) is 4.28. The summed E-state index contributed by atoms with van der Waals surface area (Å²) in [5.41, 5.74) is 6.16. The number of aliphatic hydroxyl groups excluding tert-OH is 1. The van der Waals surface area contributed by atoms with Gasteiger partial charge in [0.2, 0.25) is 5.91 Å². The van der Waals surface area contributed by atoms with Crippen molar-refractivity contribution in [2.24, 2.45) is 5.73 Å². The van der Waals surface area contributed by atoms with E-state index in [-0.39, 0.29) is 37.6 Å². The molecule has 0 aromatic heterocycles. The van der Waals surface area contributed by atoms with Gasteiger partial charge in [-0.15, -0.1) is 0 Å². The van der Waals surface area contributed by atoms with E-state index in [1.165, 1.54) is 7.11 Å². The quantitative estimate of drug-likeness (QED) is 0.632. The Bertz CT molecular complexity index is 461. The van der Waals surface area contributed by atoms with Crippen LogP contribution in [0.2, 0.25) is 0 Å². The zero-order valence-corrected chi connectivity index (χ0v) is 13.4. The fourth-order valence-electron chi connectivity index (χ4n) is 1.94. The van der Waals surface area contributed by atoms with E-state index in [0.29, 0.717) is 11.3 Å². The fourth-order valence-corrected chi connectivity index (χ4v) is 1.94. The van der Waals surface area contributed by atoms with Gasteiger partial charge in [0, 0.05) is 20.2 Å². The lowest BCUT2D eigenvalue weighted by molar-refractivity contribution is -0.123. The van der Waals surface area contributed by atoms with Crippen LogP contribution in [0.25, 0.3) is 0 Å².